The van der Waals surface area contributed by atoms with Crippen LogP contribution in [0, 0.1) is 13.8 Å². The molecule has 0 aliphatic heterocycles. The molecule has 0 aliphatic carbocycles. The van der Waals surface area contributed by atoms with Crippen molar-refractivity contribution in [3.05, 3.63) is 59.4 Å². The zero-order valence-electron chi connectivity index (χ0n) is 18.5. The second kappa shape index (κ2) is 10.3. The van der Waals surface area contributed by atoms with Gasteiger partial charge in [0.25, 0.3) is 0 Å². The van der Waals surface area contributed by atoms with E-state index in [1.807, 2.05) is 48.7 Å². The van der Waals surface area contributed by atoms with E-state index in [2.05, 4.69) is 35.4 Å². The van der Waals surface area contributed by atoms with Crippen LogP contribution in [0.3, 0.4) is 0 Å². The SMILES string of the molecule is COc1cccc(NC(=O)CSc2nnc(COc3cc(C)ccc3C)n2C(C)C)c1. The molecule has 0 saturated carbocycles. The number of ether oxygens (including phenoxy) is 2. The first-order valence-corrected chi connectivity index (χ1v) is 11.1. The van der Waals surface area contributed by atoms with Gasteiger partial charge in [0.2, 0.25) is 5.91 Å². The maximum Gasteiger partial charge on any atom is 0.234 e. The maximum absolute atomic E-state index is 12.4. The molecule has 0 saturated heterocycles. The summed E-state index contributed by atoms with van der Waals surface area (Å²) in [6, 6.07) is 13.5. The first kappa shape index (κ1) is 22.7. The fourth-order valence-electron chi connectivity index (χ4n) is 3.06. The summed E-state index contributed by atoms with van der Waals surface area (Å²) >= 11 is 1.35. The van der Waals surface area contributed by atoms with Gasteiger partial charge in [0.15, 0.2) is 11.0 Å². The molecule has 1 amide bonds. The Balaban J connectivity index is 1.64. The lowest BCUT2D eigenvalue weighted by Gasteiger charge is -2.15. The third-order valence-corrected chi connectivity index (χ3v) is 5.58. The van der Waals surface area contributed by atoms with Gasteiger partial charge in [-0.3, -0.25) is 4.79 Å². The highest BCUT2D eigenvalue weighted by Crippen LogP contribution is 2.25. The number of methoxy groups -OCH3 is 1. The van der Waals surface area contributed by atoms with E-state index in [1.165, 1.54) is 11.8 Å². The summed E-state index contributed by atoms with van der Waals surface area (Å²) in [6.07, 6.45) is 0. The summed E-state index contributed by atoms with van der Waals surface area (Å²) in [5.74, 6) is 2.36. The van der Waals surface area contributed by atoms with Gasteiger partial charge in [-0.15, -0.1) is 10.2 Å². The largest absolute Gasteiger partial charge is 0.497 e. The van der Waals surface area contributed by atoms with Crippen LogP contribution in [-0.4, -0.2) is 33.5 Å². The third-order valence-electron chi connectivity index (χ3n) is 4.64. The molecular formula is C23H28N4O3S. The number of rotatable bonds is 9. The summed E-state index contributed by atoms with van der Waals surface area (Å²) < 4.78 is 13.2. The van der Waals surface area contributed by atoms with Crippen LogP contribution in [0.15, 0.2) is 47.6 Å². The fourth-order valence-corrected chi connectivity index (χ4v) is 3.94. The number of aryl methyl sites for hydroxylation is 2. The van der Waals surface area contributed by atoms with Gasteiger partial charge in [-0.05, 0) is 57.0 Å². The summed E-state index contributed by atoms with van der Waals surface area (Å²) in [7, 11) is 1.59. The lowest BCUT2D eigenvalue weighted by Crippen LogP contribution is -2.15. The number of thioether (sulfide) groups is 1. The second-order valence-corrected chi connectivity index (χ2v) is 8.43. The van der Waals surface area contributed by atoms with E-state index < -0.39 is 0 Å². The lowest BCUT2D eigenvalue weighted by atomic mass is 10.1. The van der Waals surface area contributed by atoms with Crippen LogP contribution >= 0.6 is 11.8 Å². The number of hydrogen-bond donors (Lipinski definition) is 1. The summed E-state index contributed by atoms with van der Waals surface area (Å²) in [6.45, 7) is 8.49. The van der Waals surface area contributed by atoms with Crippen molar-refractivity contribution >= 4 is 23.4 Å². The molecule has 2 aromatic carbocycles. The smallest absolute Gasteiger partial charge is 0.234 e. The van der Waals surface area contributed by atoms with E-state index >= 15 is 0 Å². The van der Waals surface area contributed by atoms with Crippen LogP contribution in [0.4, 0.5) is 5.69 Å². The number of hydrogen-bond acceptors (Lipinski definition) is 6. The van der Waals surface area contributed by atoms with Crippen molar-refractivity contribution < 1.29 is 14.3 Å². The van der Waals surface area contributed by atoms with Gasteiger partial charge in [-0.2, -0.15) is 0 Å². The number of anilines is 1. The van der Waals surface area contributed by atoms with Gasteiger partial charge in [0.1, 0.15) is 18.1 Å². The fraction of sp³-hybridized carbons (Fsp3) is 0.348. The normalized spacial score (nSPS) is 10.9. The zero-order valence-corrected chi connectivity index (χ0v) is 19.3. The quantitative estimate of drug-likeness (QED) is 0.482. The van der Waals surface area contributed by atoms with E-state index in [0.717, 1.165) is 22.7 Å². The van der Waals surface area contributed by atoms with Crippen LogP contribution in [0.1, 0.15) is 36.8 Å². The van der Waals surface area contributed by atoms with Crippen molar-refractivity contribution in [1.82, 2.24) is 14.8 Å². The molecule has 1 N–H and O–H groups in total. The number of carbonyl (C=O) groups is 1. The molecule has 0 unspecified atom stereocenters. The molecule has 3 aromatic rings. The Morgan fingerprint density at radius 3 is 2.71 bits per heavy atom. The van der Waals surface area contributed by atoms with E-state index in [-0.39, 0.29) is 17.7 Å². The van der Waals surface area contributed by atoms with Gasteiger partial charge in [-0.1, -0.05) is 30.0 Å². The van der Waals surface area contributed by atoms with Crippen LogP contribution in [0.5, 0.6) is 11.5 Å². The first-order valence-electron chi connectivity index (χ1n) is 10.1. The number of nitrogens with one attached hydrogen (secondary N) is 1. The Morgan fingerprint density at radius 2 is 1.97 bits per heavy atom. The minimum Gasteiger partial charge on any atom is -0.497 e. The predicted octanol–water partition coefficient (Wildman–Crippen LogP) is 4.79. The average molecular weight is 441 g/mol. The monoisotopic (exact) mass is 440 g/mol. The van der Waals surface area contributed by atoms with Crippen molar-refractivity contribution in [2.45, 2.75) is 45.5 Å². The minimum absolute atomic E-state index is 0.121. The summed E-state index contributed by atoms with van der Waals surface area (Å²) in [4.78, 5) is 12.4. The van der Waals surface area contributed by atoms with Crippen molar-refractivity contribution in [3.63, 3.8) is 0 Å². The molecule has 1 aromatic heterocycles. The maximum atomic E-state index is 12.4. The number of carbonyl (C=O) groups excluding carboxylic acids is 1. The Labute approximate surface area is 187 Å². The van der Waals surface area contributed by atoms with Crippen molar-refractivity contribution in [2.75, 3.05) is 18.2 Å². The third kappa shape index (κ3) is 6.01. The summed E-state index contributed by atoms with van der Waals surface area (Å²) in [5, 5.41) is 12.2. The molecule has 3 rings (SSSR count). The lowest BCUT2D eigenvalue weighted by molar-refractivity contribution is -0.113. The van der Waals surface area contributed by atoms with Crippen molar-refractivity contribution in [1.29, 1.82) is 0 Å². The molecule has 164 valence electrons. The van der Waals surface area contributed by atoms with E-state index in [1.54, 1.807) is 13.2 Å². The number of amides is 1. The highest BCUT2D eigenvalue weighted by atomic mass is 32.2. The van der Waals surface area contributed by atoms with Gasteiger partial charge in [0, 0.05) is 17.8 Å². The standard InChI is InChI=1S/C23H28N4O3S/c1-15(2)27-21(13-30-20-11-16(3)9-10-17(20)4)25-26-23(27)31-14-22(28)24-18-7-6-8-19(12-18)29-5/h6-12,15H,13-14H2,1-5H3,(H,24,28). The molecule has 0 bridgehead atoms. The van der Waals surface area contributed by atoms with Crippen molar-refractivity contribution in [2.24, 2.45) is 0 Å². The van der Waals surface area contributed by atoms with Gasteiger partial charge >= 0.3 is 0 Å². The Hall–Kier alpha value is -3.00. The number of nitrogens with zero attached hydrogens (tertiary/aromatic N) is 3. The molecule has 0 fully saturated rings. The van der Waals surface area contributed by atoms with Crippen molar-refractivity contribution in [3.8, 4) is 11.5 Å². The molecule has 0 atom stereocenters. The van der Waals surface area contributed by atoms with Gasteiger partial charge in [0.05, 0.1) is 12.9 Å². The molecule has 1 heterocycles. The molecule has 0 aliphatic rings. The number of benzene rings is 2. The van der Waals surface area contributed by atoms with E-state index in [0.29, 0.717) is 23.2 Å². The highest BCUT2D eigenvalue weighted by Gasteiger charge is 2.17. The topological polar surface area (TPSA) is 78.3 Å². The molecule has 8 heteroatoms. The average Bonchev–Trinajstić information content (AvgIpc) is 3.16. The Morgan fingerprint density at radius 1 is 1.16 bits per heavy atom. The van der Waals surface area contributed by atoms with E-state index in [9.17, 15) is 4.79 Å². The van der Waals surface area contributed by atoms with Gasteiger partial charge < -0.3 is 19.4 Å². The Kier molecular flexibility index (Phi) is 7.57. The number of aromatic nitrogens is 3. The zero-order chi connectivity index (χ0) is 22.4. The molecule has 0 radical (unpaired) electrons. The summed E-state index contributed by atoms with van der Waals surface area (Å²) in [5.41, 5.74) is 2.91. The van der Waals surface area contributed by atoms with Crippen LogP contribution in [0.25, 0.3) is 0 Å². The van der Waals surface area contributed by atoms with Crippen LogP contribution in [-0.2, 0) is 11.4 Å². The highest BCUT2D eigenvalue weighted by molar-refractivity contribution is 7.99. The Bertz CT molecular complexity index is 1050. The molecular weight excluding hydrogens is 412 g/mol. The molecule has 0 spiro atoms. The van der Waals surface area contributed by atoms with E-state index in [4.69, 9.17) is 9.47 Å². The first-order chi connectivity index (χ1) is 14.9. The van der Waals surface area contributed by atoms with Gasteiger partial charge in [-0.25, -0.2) is 0 Å². The van der Waals surface area contributed by atoms with Crippen LogP contribution < -0.4 is 14.8 Å². The molecule has 31 heavy (non-hydrogen) atoms. The second-order valence-electron chi connectivity index (χ2n) is 7.49. The predicted molar refractivity (Wildman–Crippen MR) is 123 cm³/mol. The molecule has 7 nitrogen and oxygen atoms in total. The van der Waals surface area contributed by atoms with Crippen LogP contribution in [0.2, 0.25) is 0 Å². The minimum atomic E-state index is -0.121.